The van der Waals surface area contributed by atoms with E-state index >= 15 is 0 Å². The normalized spacial score (nSPS) is 12.3. The molecule has 2 atom stereocenters. The number of hydrogen-bond donors (Lipinski definition) is 1. The molecule has 8 nitrogen and oxygen atoms in total. The van der Waals surface area contributed by atoms with Gasteiger partial charge >= 0.3 is 13.7 Å². The Morgan fingerprint density at radius 2 is 1.26 bits per heavy atom. The van der Waals surface area contributed by atoms with Crippen molar-refractivity contribution in [2.24, 2.45) is 0 Å². The minimum absolute atomic E-state index is 0.0406. The number of carbonyl (C=O) groups is 2. The molecule has 4 aromatic rings. The van der Waals surface area contributed by atoms with E-state index in [1.54, 1.807) is 54.6 Å². The molecule has 0 saturated carbocycles. The van der Waals surface area contributed by atoms with Gasteiger partial charge in [0.25, 0.3) is 0 Å². The van der Waals surface area contributed by atoms with Crippen LogP contribution in [0.4, 0.5) is 4.79 Å². The molecule has 4 rings (SSSR count). The maximum atomic E-state index is 14.7. The number of para-hydroxylation sites is 2. The van der Waals surface area contributed by atoms with Crippen LogP contribution in [-0.2, 0) is 27.1 Å². The summed E-state index contributed by atoms with van der Waals surface area (Å²) in [6, 6.07) is 34.8. The maximum absolute atomic E-state index is 14.7. The Morgan fingerprint density at radius 3 is 1.74 bits per heavy atom. The van der Waals surface area contributed by atoms with Gasteiger partial charge in [0.2, 0.25) is 5.91 Å². The Bertz CT molecular complexity index is 1460. The predicted molar refractivity (Wildman–Crippen MR) is 167 cm³/mol. The van der Waals surface area contributed by atoms with Crippen molar-refractivity contribution in [1.29, 1.82) is 0 Å². The lowest BCUT2D eigenvalue weighted by Gasteiger charge is -2.35. The number of hydrogen-bond acceptors (Lipinski definition) is 6. The van der Waals surface area contributed by atoms with Crippen LogP contribution in [0, 0.1) is 0 Å². The minimum atomic E-state index is -4.12. The molecule has 0 saturated heterocycles. The van der Waals surface area contributed by atoms with Crippen LogP contribution in [-0.4, -0.2) is 35.8 Å². The average Bonchev–Trinajstić information content (AvgIpc) is 3.03. The van der Waals surface area contributed by atoms with Crippen molar-refractivity contribution >= 4 is 19.6 Å². The first-order valence-corrected chi connectivity index (χ1v) is 15.5. The molecule has 0 bridgehead atoms. The molecule has 0 radical (unpaired) electrons. The summed E-state index contributed by atoms with van der Waals surface area (Å²) in [5, 5.41) is 2.71. The molecular weight excluding hydrogens is 563 g/mol. The molecule has 4 aromatic carbocycles. The molecule has 0 aliphatic rings. The maximum Gasteiger partial charge on any atom is 0.453 e. The zero-order valence-electron chi connectivity index (χ0n) is 24.0. The quantitative estimate of drug-likeness (QED) is 0.122. The average molecular weight is 599 g/mol. The van der Waals surface area contributed by atoms with Crippen LogP contribution in [0.1, 0.15) is 17.5 Å². The molecule has 2 unspecified atom stereocenters. The topological polar surface area (TPSA) is 94.2 Å². The van der Waals surface area contributed by atoms with Gasteiger partial charge in [0.15, 0.2) is 5.78 Å². The summed E-state index contributed by atoms with van der Waals surface area (Å²) in [5.74, 6) is -0.931. The number of benzene rings is 4. The van der Waals surface area contributed by atoms with E-state index in [0.29, 0.717) is 11.5 Å². The van der Waals surface area contributed by atoms with Gasteiger partial charge in [-0.25, -0.2) is 9.36 Å². The highest BCUT2D eigenvalue weighted by molar-refractivity contribution is 7.55. The third-order valence-corrected chi connectivity index (χ3v) is 8.79. The van der Waals surface area contributed by atoms with Crippen LogP contribution in [0.25, 0.3) is 0 Å². The number of likely N-dealkylation sites (N-methyl/N-ethyl adjacent to an activating group) is 1. The summed E-state index contributed by atoms with van der Waals surface area (Å²) in [4.78, 5) is 28.3. The molecular formula is C34H35N2O6P. The summed E-state index contributed by atoms with van der Waals surface area (Å²) in [5.41, 5.74) is 1.63. The van der Waals surface area contributed by atoms with E-state index in [0.717, 1.165) is 11.1 Å². The van der Waals surface area contributed by atoms with Crippen LogP contribution in [0.15, 0.2) is 134 Å². The van der Waals surface area contributed by atoms with E-state index in [-0.39, 0.29) is 19.4 Å². The SMILES string of the molecule is C=CCC(N(C)C(=O)C(Cc1ccccc1)NC(=O)OCc1ccccc1)P(=O)(Oc1ccccc1)Oc1ccccc1. The number of amides is 2. The predicted octanol–water partition coefficient (Wildman–Crippen LogP) is 7.24. The number of nitrogens with one attached hydrogen (secondary N) is 1. The second kappa shape index (κ2) is 15.4. The minimum Gasteiger partial charge on any atom is -0.445 e. The number of ether oxygens (including phenoxy) is 1. The third-order valence-electron chi connectivity index (χ3n) is 6.57. The first-order chi connectivity index (χ1) is 20.9. The zero-order chi connectivity index (χ0) is 30.5. The van der Waals surface area contributed by atoms with Gasteiger partial charge < -0.3 is 24.0 Å². The van der Waals surface area contributed by atoms with Gasteiger partial charge in [0, 0.05) is 13.5 Å². The van der Waals surface area contributed by atoms with E-state index in [1.807, 2.05) is 72.8 Å². The largest absolute Gasteiger partial charge is 0.453 e. The summed E-state index contributed by atoms with van der Waals surface area (Å²) in [6.45, 7) is 3.86. The molecule has 43 heavy (non-hydrogen) atoms. The first-order valence-electron chi connectivity index (χ1n) is 13.9. The highest BCUT2D eigenvalue weighted by atomic mass is 31.2. The standard InChI is InChI=1S/C34H35N2O6P/c1-3-16-32(43(39,41-29-21-12-6-13-22-29)42-30-23-14-7-15-24-30)36(2)33(37)31(25-27-17-8-4-9-18-27)35-34(38)40-26-28-19-10-5-11-20-28/h3-15,17-24,31-32H,1,16,25-26H2,2H3,(H,35,38). The molecule has 0 aliphatic heterocycles. The number of carbonyl (C=O) groups excluding carboxylic acids is 2. The van der Waals surface area contributed by atoms with Crippen LogP contribution in [0.5, 0.6) is 11.5 Å². The molecule has 0 aliphatic carbocycles. The van der Waals surface area contributed by atoms with Gasteiger partial charge in [-0.2, -0.15) is 0 Å². The van der Waals surface area contributed by atoms with Gasteiger partial charge in [-0.15, -0.1) is 6.58 Å². The molecule has 0 aromatic heterocycles. The van der Waals surface area contributed by atoms with Crippen molar-refractivity contribution in [2.45, 2.75) is 31.3 Å². The molecule has 0 spiro atoms. The Hall–Kier alpha value is -4.81. The Labute approximate surface area is 252 Å². The van der Waals surface area contributed by atoms with E-state index in [2.05, 4.69) is 11.9 Å². The van der Waals surface area contributed by atoms with E-state index in [4.69, 9.17) is 13.8 Å². The molecule has 0 fully saturated rings. The van der Waals surface area contributed by atoms with Crippen molar-refractivity contribution in [3.63, 3.8) is 0 Å². The Kier molecular flexibility index (Phi) is 11.2. The fraction of sp³-hybridized carbons (Fsp3) is 0.176. The highest BCUT2D eigenvalue weighted by Crippen LogP contribution is 2.55. The lowest BCUT2D eigenvalue weighted by molar-refractivity contribution is -0.133. The van der Waals surface area contributed by atoms with E-state index in [1.165, 1.54) is 11.9 Å². The van der Waals surface area contributed by atoms with Crippen molar-refractivity contribution in [3.8, 4) is 11.5 Å². The van der Waals surface area contributed by atoms with Crippen LogP contribution in [0.2, 0.25) is 0 Å². The number of nitrogens with zero attached hydrogens (tertiary/aromatic N) is 1. The Balaban J connectivity index is 1.61. The second-order valence-corrected chi connectivity index (χ2v) is 11.8. The Morgan fingerprint density at radius 1 is 0.791 bits per heavy atom. The molecule has 9 heteroatoms. The van der Waals surface area contributed by atoms with Crippen LogP contribution in [0.3, 0.4) is 0 Å². The van der Waals surface area contributed by atoms with Crippen LogP contribution < -0.4 is 14.4 Å². The van der Waals surface area contributed by atoms with Crippen molar-refractivity contribution in [3.05, 3.63) is 145 Å². The highest BCUT2D eigenvalue weighted by Gasteiger charge is 2.44. The second-order valence-electron chi connectivity index (χ2n) is 9.75. The van der Waals surface area contributed by atoms with Gasteiger partial charge in [-0.05, 0) is 41.8 Å². The van der Waals surface area contributed by atoms with E-state index in [9.17, 15) is 14.2 Å². The zero-order valence-corrected chi connectivity index (χ0v) is 24.8. The molecule has 1 N–H and O–H groups in total. The van der Waals surface area contributed by atoms with Gasteiger partial charge in [0.1, 0.15) is 24.1 Å². The summed E-state index contributed by atoms with van der Waals surface area (Å²) in [7, 11) is -2.60. The third kappa shape index (κ3) is 9.09. The van der Waals surface area contributed by atoms with E-state index < -0.39 is 31.4 Å². The van der Waals surface area contributed by atoms with Crippen LogP contribution >= 0.6 is 7.60 Å². The lowest BCUT2D eigenvalue weighted by Crippen LogP contribution is -2.51. The van der Waals surface area contributed by atoms with Gasteiger partial charge in [-0.1, -0.05) is 103 Å². The summed E-state index contributed by atoms with van der Waals surface area (Å²) < 4.78 is 32.1. The fourth-order valence-electron chi connectivity index (χ4n) is 4.39. The number of rotatable bonds is 14. The molecule has 2 amide bonds. The lowest BCUT2D eigenvalue weighted by atomic mass is 10.0. The number of alkyl carbamates (subject to hydrolysis) is 1. The van der Waals surface area contributed by atoms with Gasteiger partial charge in [-0.3, -0.25) is 4.79 Å². The summed E-state index contributed by atoms with van der Waals surface area (Å²) in [6.07, 6.45) is 1.07. The fourth-order valence-corrected chi connectivity index (χ4v) is 6.45. The van der Waals surface area contributed by atoms with Gasteiger partial charge in [0.05, 0.1) is 0 Å². The monoisotopic (exact) mass is 598 g/mol. The van der Waals surface area contributed by atoms with Crippen molar-refractivity contribution in [2.75, 3.05) is 7.05 Å². The smallest absolute Gasteiger partial charge is 0.445 e. The molecule has 222 valence electrons. The van der Waals surface area contributed by atoms with Crippen molar-refractivity contribution < 1.29 is 27.9 Å². The molecule has 0 heterocycles. The first kappa shape index (κ1) is 31.1. The summed E-state index contributed by atoms with van der Waals surface area (Å²) >= 11 is 0. The van der Waals surface area contributed by atoms with Crippen molar-refractivity contribution in [1.82, 2.24) is 10.2 Å².